The Bertz CT molecular complexity index is 666. The van der Waals surface area contributed by atoms with Crippen LogP contribution in [0.25, 0.3) is 0 Å². The van der Waals surface area contributed by atoms with Crippen molar-refractivity contribution < 1.29 is 0 Å². The molecule has 0 amide bonds. The van der Waals surface area contributed by atoms with E-state index in [1.54, 1.807) is 6.20 Å². The lowest BCUT2D eigenvalue weighted by atomic mass is 10.2. The first kappa shape index (κ1) is 13.6. The van der Waals surface area contributed by atoms with Crippen LogP contribution in [0.2, 0.25) is 0 Å². The van der Waals surface area contributed by atoms with Gasteiger partial charge in [-0.05, 0) is 38.8 Å². The average Bonchev–Trinajstić information content (AvgIpc) is 3.06. The smallest absolute Gasteiger partial charge is 0.147 e. The van der Waals surface area contributed by atoms with Crippen LogP contribution < -0.4 is 4.90 Å². The summed E-state index contributed by atoms with van der Waals surface area (Å²) in [4.78, 5) is 11.1. The van der Waals surface area contributed by atoms with Gasteiger partial charge in [0, 0.05) is 12.7 Å². The molecule has 0 unspecified atom stereocenters. The lowest BCUT2D eigenvalue weighted by Gasteiger charge is -2.25. The van der Waals surface area contributed by atoms with Crippen molar-refractivity contribution in [2.75, 3.05) is 11.4 Å². The lowest BCUT2D eigenvalue weighted by Crippen LogP contribution is -2.34. The number of hydrogen-bond acceptors (Lipinski definition) is 5. The fourth-order valence-electron chi connectivity index (χ4n) is 2.88. The van der Waals surface area contributed by atoms with Gasteiger partial charge in [-0.1, -0.05) is 0 Å². The van der Waals surface area contributed by atoms with Crippen LogP contribution in [0, 0.1) is 25.2 Å². The molecule has 2 aromatic heterocycles. The molecule has 1 saturated heterocycles. The van der Waals surface area contributed by atoms with Crippen LogP contribution in [-0.2, 0) is 6.54 Å². The predicted octanol–water partition coefficient (Wildman–Crippen LogP) is 1.83. The van der Waals surface area contributed by atoms with Gasteiger partial charge in [-0.25, -0.2) is 14.6 Å². The maximum absolute atomic E-state index is 8.85. The van der Waals surface area contributed by atoms with E-state index in [4.69, 9.17) is 5.26 Å². The zero-order chi connectivity index (χ0) is 14.8. The van der Waals surface area contributed by atoms with Crippen LogP contribution >= 0.6 is 0 Å². The molecule has 0 radical (unpaired) electrons. The van der Waals surface area contributed by atoms with Gasteiger partial charge in [0.15, 0.2) is 0 Å². The van der Waals surface area contributed by atoms with Gasteiger partial charge in [0.05, 0.1) is 18.2 Å². The highest BCUT2D eigenvalue weighted by atomic mass is 15.4. The van der Waals surface area contributed by atoms with Gasteiger partial charge in [0.1, 0.15) is 23.5 Å². The predicted molar refractivity (Wildman–Crippen MR) is 78.8 cm³/mol. The summed E-state index contributed by atoms with van der Waals surface area (Å²) in [5, 5.41) is 13.3. The number of aromatic nitrogens is 4. The summed E-state index contributed by atoms with van der Waals surface area (Å²) >= 11 is 0. The highest BCUT2D eigenvalue weighted by molar-refractivity contribution is 5.43. The first-order valence-electron chi connectivity index (χ1n) is 7.18. The molecule has 3 rings (SSSR count). The van der Waals surface area contributed by atoms with Crippen molar-refractivity contribution in [2.24, 2.45) is 0 Å². The Balaban J connectivity index is 1.78. The van der Waals surface area contributed by atoms with E-state index in [-0.39, 0.29) is 0 Å². The Morgan fingerprint density at radius 3 is 2.86 bits per heavy atom. The summed E-state index contributed by atoms with van der Waals surface area (Å²) in [5.74, 6) is 2.70. The molecule has 2 aromatic rings. The molecule has 0 aromatic carbocycles. The minimum atomic E-state index is 0.380. The topological polar surface area (TPSA) is 70.6 Å². The van der Waals surface area contributed by atoms with E-state index >= 15 is 0 Å². The first-order chi connectivity index (χ1) is 10.2. The standard InChI is InChI=1S/C15H18N6/c1-11-18-12(2)21(19-11)10-14-4-3-7-20(14)15-6-5-13(8-16)9-17-15/h5-6,9,14H,3-4,7,10H2,1-2H3/t14-/m0/s1. The second-order valence-corrected chi connectivity index (χ2v) is 5.39. The molecule has 1 aliphatic rings. The number of hydrogen-bond donors (Lipinski definition) is 0. The fourth-order valence-corrected chi connectivity index (χ4v) is 2.88. The average molecular weight is 282 g/mol. The molecule has 1 aliphatic heterocycles. The Labute approximate surface area is 124 Å². The van der Waals surface area contributed by atoms with Crippen molar-refractivity contribution in [3.05, 3.63) is 35.5 Å². The van der Waals surface area contributed by atoms with E-state index < -0.39 is 0 Å². The third-order valence-electron chi connectivity index (χ3n) is 3.89. The maximum atomic E-state index is 8.85. The van der Waals surface area contributed by atoms with Crippen LogP contribution in [0.4, 0.5) is 5.82 Å². The second kappa shape index (κ2) is 5.52. The monoisotopic (exact) mass is 282 g/mol. The van der Waals surface area contributed by atoms with E-state index in [0.29, 0.717) is 11.6 Å². The van der Waals surface area contributed by atoms with Gasteiger partial charge in [-0.15, -0.1) is 0 Å². The van der Waals surface area contributed by atoms with Crippen molar-refractivity contribution >= 4 is 5.82 Å². The Morgan fingerprint density at radius 2 is 2.24 bits per heavy atom. The summed E-state index contributed by atoms with van der Waals surface area (Å²) in [6, 6.07) is 6.23. The number of anilines is 1. The molecule has 21 heavy (non-hydrogen) atoms. The van der Waals surface area contributed by atoms with Gasteiger partial charge in [0.2, 0.25) is 0 Å². The van der Waals surface area contributed by atoms with Crippen LogP contribution in [0.5, 0.6) is 0 Å². The molecular weight excluding hydrogens is 264 g/mol. The minimum absolute atomic E-state index is 0.380. The summed E-state index contributed by atoms with van der Waals surface area (Å²) in [6.45, 7) is 5.72. The lowest BCUT2D eigenvalue weighted by molar-refractivity contribution is 0.495. The molecule has 0 bridgehead atoms. The molecule has 0 spiro atoms. The highest BCUT2D eigenvalue weighted by Crippen LogP contribution is 2.25. The summed E-state index contributed by atoms with van der Waals surface area (Å²) < 4.78 is 1.97. The van der Waals surface area contributed by atoms with Crippen molar-refractivity contribution in [3.8, 4) is 6.07 Å². The van der Waals surface area contributed by atoms with Gasteiger partial charge in [-0.3, -0.25) is 0 Å². The molecule has 0 aliphatic carbocycles. The number of aryl methyl sites for hydroxylation is 2. The van der Waals surface area contributed by atoms with Gasteiger partial charge < -0.3 is 4.90 Å². The van der Waals surface area contributed by atoms with Crippen molar-refractivity contribution in [3.63, 3.8) is 0 Å². The molecule has 6 heteroatoms. The molecule has 6 nitrogen and oxygen atoms in total. The fraction of sp³-hybridized carbons (Fsp3) is 0.467. The number of pyridine rings is 1. The zero-order valence-corrected chi connectivity index (χ0v) is 12.3. The summed E-state index contributed by atoms with van der Waals surface area (Å²) in [5.41, 5.74) is 0.595. The second-order valence-electron chi connectivity index (χ2n) is 5.39. The quantitative estimate of drug-likeness (QED) is 0.859. The number of nitriles is 1. The van der Waals surface area contributed by atoms with Gasteiger partial charge in [-0.2, -0.15) is 10.4 Å². The maximum Gasteiger partial charge on any atom is 0.147 e. The molecule has 0 N–H and O–H groups in total. The molecule has 1 fully saturated rings. The Morgan fingerprint density at radius 1 is 1.38 bits per heavy atom. The molecular formula is C15H18N6. The van der Waals surface area contributed by atoms with Crippen LogP contribution in [0.3, 0.4) is 0 Å². The molecule has 1 atom stereocenters. The number of rotatable bonds is 3. The highest BCUT2D eigenvalue weighted by Gasteiger charge is 2.26. The van der Waals surface area contributed by atoms with Crippen LogP contribution in [0.15, 0.2) is 18.3 Å². The van der Waals surface area contributed by atoms with Crippen LogP contribution in [-0.4, -0.2) is 32.3 Å². The summed E-state index contributed by atoms with van der Waals surface area (Å²) in [6.07, 6.45) is 3.91. The van der Waals surface area contributed by atoms with E-state index in [9.17, 15) is 0 Å². The zero-order valence-electron chi connectivity index (χ0n) is 12.3. The Kier molecular flexibility index (Phi) is 3.57. The minimum Gasteiger partial charge on any atom is -0.352 e. The molecule has 0 saturated carbocycles. The third kappa shape index (κ3) is 2.72. The molecule has 108 valence electrons. The first-order valence-corrected chi connectivity index (χ1v) is 7.18. The van der Waals surface area contributed by atoms with Crippen molar-refractivity contribution in [1.82, 2.24) is 19.7 Å². The molecule has 3 heterocycles. The number of nitrogens with zero attached hydrogens (tertiary/aromatic N) is 6. The van der Waals surface area contributed by atoms with E-state index in [1.165, 1.54) is 0 Å². The van der Waals surface area contributed by atoms with E-state index in [1.807, 2.05) is 30.7 Å². The normalized spacial score (nSPS) is 18.0. The van der Waals surface area contributed by atoms with Gasteiger partial charge in [0.25, 0.3) is 0 Å². The summed E-state index contributed by atoms with van der Waals surface area (Å²) in [7, 11) is 0. The van der Waals surface area contributed by atoms with Crippen LogP contribution in [0.1, 0.15) is 30.1 Å². The third-order valence-corrected chi connectivity index (χ3v) is 3.89. The van der Waals surface area contributed by atoms with E-state index in [2.05, 4.69) is 26.0 Å². The van der Waals surface area contributed by atoms with E-state index in [0.717, 1.165) is 43.4 Å². The SMILES string of the molecule is Cc1nc(C)n(C[C@@H]2CCCN2c2ccc(C#N)cn2)n1. The van der Waals surface area contributed by atoms with Gasteiger partial charge >= 0.3 is 0 Å². The van der Waals surface area contributed by atoms with Crippen molar-refractivity contribution in [2.45, 2.75) is 39.3 Å². The van der Waals surface area contributed by atoms with Crippen molar-refractivity contribution in [1.29, 1.82) is 5.26 Å². The Hall–Kier alpha value is -2.42. The largest absolute Gasteiger partial charge is 0.352 e.